The number of methoxy groups -OCH3 is 3. The van der Waals surface area contributed by atoms with Crippen LogP contribution in [0.5, 0.6) is 17.2 Å². The summed E-state index contributed by atoms with van der Waals surface area (Å²) >= 11 is 6.61. The number of nitrogens with zero attached hydrogens (tertiary/aromatic N) is 1. The fraction of sp³-hybridized carbons (Fsp3) is 0.360. The Morgan fingerprint density at radius 2 is 1.71 bits per heavy atom. The van der Waals surface area contributed by atoms with Crippen LogP contribution in [0, 0.1) is 0 Å². The fourth-order valence-electron chi connectivity index (χ4n) is 4.83. The van der Waals surface area contributed by atoms with E-state index in [1.54, 1.807) is 12.1 Å². The summed E-state index contributed by atoms with van der Waals surface area (Å²) in [7, 11) is 4.33. The summed E-state index contributed by atoms with van der Waals surface area (Å²) in [5, 5.41) is 1.30. The fourth-order valence-corrected chi connectivity index (χ4v) is 5.10. The SMILES string of the molecule is COC(=O)c1cc(OC)c(OC)cc1N1COc2c(Cl)cc3c4c(c(=O)oc3c2C1)CCCC4. The average Bonchev–Trinajstić information content (AvgIpc) is 2.88. The molecule has 9 heteroatoms. The molecule has 5 rings (SSSR count). The van der Waals surface area contributed by atoms with E-state index >= 15 is 0 Å². The first-order chi connectivity index (χ1) is 16.5. The molecule has 2 heterocycles. The number of carbonyl (C=O) groups excluding carboxylic acids is 1. The van der Waals surface area contributed by atoms with E-state index in [4.69, 9.17) is 35.0 Å². The Morgan fingerprint density at radius 3 is 2.41 bits per heavy atom. The molecule has 1 aromatic heterocycles. The molecular formula is C25H24ClNO7. The minimum atomic E-state index is -0.529. The molecule has 0 amide bonds. The Labute approximate surface area is 200 Å². The van der Waals surface area contributed by atoms with Crippen LogP contribution in [-0.4, -0.2) is 34.0 Å². The van der Waals surface area contributed by atoms with E-state index < -0.39 is 5.97 Å². The third kappa shape index (κ3) is 3.53. The van der Waals surface area contributed by atoms with Gasteiger partial charge in [-0.05, 0) is 37.3 Å². The molecule has 0 N–H and O–H groups in total. The van der Waals surface area contributed by atoms with Gasteiger partial charge in [0, 0.05) is 23.1 Å². The Kier molecular flexibility index (Phi) is 5.77. The largest absolute Gasteiger partial charge is 0.493 e. The van der Waals surface area contributed by atoms with Gasteiger partial charge in [-0.2, -0.15) is 0 Å². The average molecular weight is 486 g/mol. The number of hydrogen-bond donors (Lipinski definition) is 0. The molecule has 0 unspecified atom stereocenters. The smallest absolute Gasteiger partial charge is 0.340 e. The number of fused-ring (bicyclic) bond motifs is 5. The van der Waals surface area contributed by atoms with E-state index in [1.807, 2.05) is 11.0 Å². The van der Waals surface area contributed by atoms with Crippen molar-refractivity contribution in [3.05, 3.63) is 55.9 Å². The van der Waals surface area contributed by atoms with Gasteiger partial charge in [0.15, 0.2) is 18.2 Å². The quantitative estimate of drug-likeness (QED) is 0.394. The van der Waals surface area contributed by atoms with Crippen molar-refractivity contribution in [3.8, 4) is 17.2 Å². The van der Waals surface area contributed by atoms with Crippen LogP contribution in [0.15, 0.2) is 27.4 Å². The predicted octanol–water partition coefficient (Wildman–Crippen LogP) is 4.49. The molecule has 0 saturated carbocycles. The molecule has 34 heavy (non-hydrogen) atoms. The van der Waals surface area contributed by atoms with Crippen molar-refractivity contribution in [1.82, 2.24) is 0 Å². The first-order valence-electron chi connectivity index (χ1n) is 11.0. The van der Waals surface area contributed by atoms with Crippen LogP contribution >= 0.6 is 11.6 Å². The summed E-state index contributed by atoms with van der Waals surface area (Å²) in [5.74, 6) is 0.798. The molecule has 0 bridgehead atoms. The highest BCUT2D eigenvalue weighted by atomic mass is 35.5. The van der Waals surface area contributed by atoms with Crippen LogP contribution in [0.3, 0.4) is 0 Å². The predicted molar refractivity (Wildman–Crippen MR) is 127 cm³/mol. The lowest BCUT2D eigenvalue weighted by Crippen LogP contribution is -2.33. The normalized spacial score (nSPS) is 14.8. The number of halogens is 1. The summed E-state index contributed by atoms with van der Waals surface area (Å²) in [6.45, 7) is 0.417. The first kappa shape index (κ1) is 22.4. The Morgan fingerprint density at radius 1 is 1.00 bits per heavy atom. The number of anilines is 1. The van der Waals surface area contributed by atoms with Crippen LogP contribution < -0.4 is 24.7 Å². The van der Waals surface area contributed by atoms with Gasteiger partial charge < -0.3 is 28.3 Å². The zero-order valence-electron chi connectivity index (χ0n) is 19.2. The zero-order chi connectivity index (χ0) is 24.0. The van der Waals surface area contributed by atoms with Crippen LogP contribution in [0.4, 0.5) is 5.69 Å². The van der Waals surface area contributed by atoms with Gasteiger partial charge in [-0.25, -0.2) is 9.59 Å². The summed E-state index contributed by atoms with van der Waals surface area (Å²) in [6, 6.07) is 5.10. The van der Waals surface area contributed by atoms with Gasteiger partial charge in [0.05, 0.1) is 49.7 Å². The van der Waals surface area contributed by atoms with E-state index in [2.05, 4.69) is 0 Å². The molecule has 3 aromatic rings. The Bertz CT molecular complexity index is 1360. The Hall–Kier alpha value is -3.39. The van der Waals surface area contributed by atoms with Crippen LogP contribution in [0.2, 0.25) is 5.02 Å². The van der Waals surface area contributed by atoms with Gasteiger partial charge in [-0.1, -0.05) is 11.6 Å². The highest BCUT2D eigenvalue weighted by molar-refractivity contribution is 6.33. The standard InChI is InChI=1S/C25H24ClNO7/c1-30-20-9-16(24(28)32-3)19(10-21(20)31-2)27-11-17-22-15(8-18(26)23(17)33-12-27)13-6-4-5-7-14(13)25(29)34-22/h8-10H,4-7,11-12H2,1-3H3. The van der Waals surface area contributed by atoms with E-state index in [9.17, 15) is 9.59 Å². The molecule has 0 radical (unpaired) electrons. The van der Waals surface area contributed by atoms with E-state index in [-0.39, 0.29) is 17.9 Å². The van der Waals surface area contributed by atoms with Gasteiger partial charge >= 0.3 is 11.6 Å². The maximum atomic E-state index is 12.8. The maximum Gasteiger partial charge on any atom is 0.340 e. The molecule has 2 aromatic carbocycles. The lowest BCUT2D eigenvalue weighted by Gasteiger charge is -2.33. The summed E-state index contributed by atoms with van der Waals surface area (Å²) < 4.78 is 27.6. The number of rotatable bonds is 4. The summed E-state index contributed by atoms with van der Waals surface area (Å²) in [6.07, 6.45) is 3.49. The molecule has 2 aliphatic rings. The third-order valence-corrected chi connectivity index (χ3v) is 6.76. The second-order valence-electron chi connectivity index (χ2n) is 8.28. The molecular weight excluding hydrogens is 462 g/mol. The van der Waals surface area contributed by atoms with Crippen molar-refractivity contribution < 1.29 is 28.2 Å². The van der Waals surface area contributed by atoms with Crippen molar-refractivity contribution in [2.24, 2.45) is 0 Å². The molecule has 178 valence electrons. The number of esters is 1. The van der Waals surface area contributed by atoms with Crippen molar-refractivity contribution in [2.45, 2.75) is 32.2 Å². The van der Waals surface area contributed by atoms with Gasteiger partial charge in [0.1, 0.15) is 11.3 Å². The van der Waals surface area contributed by atoms with Gasteiger partial charge in [0.25, 0.3) is 0 Å². The second kappa shape index (κ2) is 8.76. The number of hydrogen-bond acceptors (Lipinski definition) is 8. The minimum absolute atomic E-state index is 0.118. The van der Waals surface area contributed by atoms with Crippen molar-refractivity contribution >= 4 is 34.2 Å². The molecule has 0 fully saturated rings. The highest BCUT2D eigenvalue weighted by Gasteiger charge is 2.30. The second-order valence-corrected chi connectivity index (χ2v) is 8.69. The lowest BCUT2D eigenvalue weighted by atomic mass is 9.89. The number of carbonyl (C=O) groups is 1. The molecule has 0 atom stereocenters. The monoisotopic (exact) mass is 485 g/mol. The number of ether oxygens (including phenoxy) is 4. The summed E-state index contributed by atoms with van der Waals surface area (Å²) in [4.78, 5) is 27.2. The van der Waals surface area contributed by atoms with Crippen molar-refractivity contribution in [3.63, 3.8) is 0 Å². The van der Waals surface area contributed by atoms with Gasteiger partial charge in [0.2, 0.25) is 0 Å². The molecule has 1 aliphatic heterocycles. The van der Waals surface area contributed by atoms with E-state index in [0.717, 1.165) is 35.8 Å². The molecule has 1 aliphatic carbocycles. The topological polar surface area (TPSA) is 87.4 Å². The highest BCUT2D eigenvalue weighted by Crippen LogP contribution is 2.43. The van der Waals surface area contributed by atoms with E-state index in [0.29, 0.717) is 52.1 Å². The zero-order valence-corrected chi connectivity index (χ0v) is 19.9. The molecule has 0 spiro atoms. The maximum absolute atomic E-state index is 12.8. The van der Waals surface area contributed by atoms with Gasteiger partial charge in [-0.15, -0.1) is 0 Å². The molecule has 0 saturated heterocycles. The summed E-state index contributed by atoms with van der Waals surface area (Å²) in [5.41, 5.74) is 3.36. The Balaban J connectivity index is 1.67. The number of benzene rings is 2. The first-order valence-corrected chi connectivity index (χ1v) is 11.4. The lowest BCUT2D eigenvalue weighted by molar-refractivity contribution is 0.0600. The van der Waals surface area contributed by atoms with Gasteiger partial charge in [-0.3, -0.25) is 0 Å². The van der Waals surface area contributed by atoms with E-state index in [1.165, 1.54) is 21.3 Å². The third-order valence-electron chi connectivity index (χ3n) is 6.48. The van der Waals surface area contributed by atoms with Crippen LogP contribution in [0.25, 0.3) is 11.0 Å². The van der Waals surface area contributed by atoms with Crippen molar-refractivity contribution in [2.75, 3.05) is 33.0 Å². The number of aryl methyl sites for hydroxylation is 1. The van der Waals surface area contributed by atoms with Crippen LogP contribution in [0.1, 0.15) is 39.9 Å². The molecule has 8 nitrogen and oxygen atoms in total. The van der Waals surface area contributed by atoms with Crippen LogP contribution in [-0.2, 0) is 24.1 Å². The van der Waals surface area contributed by atoms with Crippen molar-refractivity contribution in [1.29, 1.82) is 0 Å². The minimum Gasteiger partial charge on any atom is -0.493 e.